The largest absolute Gasteiger partial charge is 0.309 e. The molecule has 0 saturated carbocycles. The Morgan fingerprint density at radius 1 is 0.633 bits per heavy atom. The van der Waals surface area contributed by atoms with Crippen LogP contribution in [0.3, 0.4) is 0 Å². The Morgan fingerprint density at radius 2 is 1.33 bits per heavy atom. The molecule has 4 aromatic carbocycles. The zero-order chi connectivity index (χ0) is 20.5. The van der Waals surface area contributed by atoms with Gasteiger partial charge in [-0.25, -0.2) is 5.84 Å². The third kappa shape index (κ3) is 2.18. The molecule has 0 amide bonds. The van der Waals surface area contributed by atoms with E-state index in [-0.39, 0.29) is 5.41 Å². The number of para-hydroxylation sites is 3. The van der Waals surface area contributed by atoms with Crippen molar-refractivity contribution in [2.24, 2.45) is 5.84 Å². The molecule has 30 heavy (non-hydrogen) atoms. The summed E-state index contributed by atoms with van der Waals surface area (Å²) in [6, 6.07) is 32.3. The predicted octanol–water partition coefficient (Wildman–Crippen LogP) is 6.43. The number of benzene rings is 4. The first-order chi connectivity index (χ1) is 14.6. The summed E-state index contributed by atoms with van der Waals surface area (Å²) >= 11 is 0. The zero-order valence-electron chi connectivity index (χ0n) is 17.1. The van der Waals surface area contributed by atoms with Crippen LogP contribution in [-0.2, 0) is 5.41 Å². The van der Waals surface area contributed by atoms with Crippen LogP contribution in [0.5, 0.6) is 0 Å². The highest BCUT2D eigenvalue weighted by atomic mass is 15.4. The van der Waals surface area contributed by atoms with Crippen LogP contribution < -0.4 is 10.9 Å². The van der Waals surface area contributed by atoms with Crippen LogP contribution in [0.2, 0.25) is 0 Å². The maximum absolute atomic E-state index is 6.66. The van der Waals surface area contributed by atoms with Gasteiger partial charge in [0.05, 0.1) is 22.4 Å². The van der Waals surface area contributed by atoms with Crippen molar-refractivity contribution in [1.29, 1.82) is 0 Å². The number of anilines is 2. The fourth-order valence-electron chi connectivity index (χ4n) is 5.05. The Kier molecular flexibility index (Phi) is 3.45. The average Bonchev–Trinajstić information content (AvgIpc) is 3.11. The molecule has 2 heterocycles. The Labute approximate surface area is 175 Å². The molecule has 3 heteroatoms. The number of nitrogens with two attached hydrogens (primary N) is 1. The smallest absolute Gasteiger partial charge is 0.0623 e. The van der Waals surface area contributed by atoms with Gasteiger partial charge in [0.2, 0.25) is 0 Å². The van der Waals surface area contributed by atoms with E-state index in [9.17, 15) is 0 Å². The van der Waals surface area contributed by atoms with Crippen LogP contribution in [0.25, 0.3) is 27.5 Å². The SMILES string of the molecule is CC1(C)c2ccccc2N(N)c2cc3c4ccccc4n(-c4ccccc4)c3cc21. The molecule has 0 bridgehead atoms. The number of fused-ring (bicyclic) bond motifs is 5. The van der Waals surface area contributed by atoms with Gasteiger partial charge in [-0.05, 0) is 47.5 Å². The molecule has 0 atom stereocenters. The number of nitrogens with zero attached hydrogens (tertiary/aromatic N) is 2. The van der Waals surface area contributed by atoms with Gasteiger partial charge >= 0.3 is 0 Å². The molecule has 5 aromatic rings. The molecule has 146 valence electrons. The van der Waals surface area contributed by atoms with Crippen molar-refractivity contribution >= 4 is 33.2 Å². The summed E-state index contributed by atoms with van der Waals surface area (Å²) in [5.74, 6) is 6.66. The van der Waals surface area contributed by atoms with Gasteiger partial charge in [-0.3, -0.25) is 5.01 Å². The lowest BCUT2D eigenvalue weighted by molar-refractivity contribution is 0.627. The molecule has 0 radical (unpaired) electrons. The zero-order valence-corrected chi connectivity index (χ0v) is 17.1. The van der Waals surface area contributed by atoms with Crippen molar-refractivity contribution in [3.63, 3.8) is 0 Å². The van der Waals surface area contributed by atoms with Crippen LogP contribution in [0.4, 0.5) is 11.4 Å². The molecule has 0 unspecified atom stereocenters. The number of hydrogen-bond donors (Lipinski definition) is 1. The molecule has 2 N–H and O–H groups in total. The van der Waals surface area contributed by atoms with E-state index in [4.69, 9.17) is 5.84 Å². The lowest BCUT2D eigenvalue weighted by Gasteiger charge is -2.40. The predicted molar refractivity (Wildman–Crippen MR) is 126 cm³/mol. The van der Waals surface area contributed by atoms with Gasteiger partial charge in [0, 0.05) is 21.9 Å². The average molecular weight is 390 g/mol. The Morgan fingerprint density at radius 3 is 2.17 bits per heavy atom. The maximum atomic E-state index is 6.66. The molecular weight excluding hydrogens is 366 g/mol. The van der Waals surface area contributed by atoms with Crippen LogP contribution in [-0.4, -0.2) is 4.57 Å². The van der Waals surface area contributed by atoms with Crippen LogP contribution >= 0.6 is 0 Å². The molecule has 0 spiro atoms. The van der Waals surface area contributed by atoms with Gasteiger partial charge in [-0.15, -0.1) is 0 Å². The summed E-state index contributed by atoms with van der Waals surface area (Å²) in [7, 11) is 0. The van der Waals surface area contributed by atoms with Gasteiger partial charge in [-0.2, -0.15) is 0 Å². The molecule has 1 aliphatic rings. The highest BCUT2D eigenvalue weighted by Crippen LogP contribution is 2.49. The third-order valence-electron chi connectivity index (χ3n) is 6.57. The first kappa shape index (κ1) is 17.3. The van der Waals surface area contributed by atoms with Crippen molar-refractivity contribution < 1.29 is 0 Å². The van der Waals surface area contributed by atoms with E-state index in [0.29, 0.717) is 0 Å². The first-order valence-electron chi connectivity index (χ1n) is 10.3. The Balaban J connectivity index is 1.76. The normalized spacial score (nSPS) is 14.7. The van der Waals surface area contributed by atoms with Gasteiger partial charge in [-0.1, -0.05) is 68.4 Å². The minimum Gasteiger partial charge on any atom is -0.309 e. The van der Waals surface area contributed by atoms with Gasteiger partial charge < -0.3 is 4.57 Å². The number of rotatable bonds is 1. The van der Waals surface area contributed by atoms with E-state index in [0.717, 1.165) is 11.4 Å². The summed E-state index contributed by atoms with van der Waals surface area (Å²) in [5.41, 5.74) is 8.08. The topological polar surface area (TPSA) is 34.2 Å². The molecular formula is C27H23N3. The number of aromatic nitrogens is 1. The maximum Gasteiger partial charge on any atom is 0.0623 e. The summed E-state index contributed by atoms with van der Waals surface area (Å²) in [4.78, 5) is 0. The van der Waals surface area contributed by atoms with Crippen LogP contribution in [0.15, 0.2) is 91.0 Å². The lowest BCUT2D eigenvalue weighted by Crippen LogP contribution is -2.36. The number of hydrazine groups is 1. The molecule has 1 aliphatic heterocycles. The van der Waals surface area contributed by atoms with Gasteiger partial charge in [0.15, 0.2) is 0 Å². The van der Waals surface area contributed by atoms with E-state index in [1.165, 1.54) is 38.6 Å². The molecule has 0 fully saturated rings. The summed E-state index contributed by atoms with van der Waals surface area (Å²) in [6.07, 6.45) is 0. The fraction of sp³-hybridized carbons (Fsp3) is 0.111. The van der Waals surface area contributed by atoms with Crippen molar-refractivity contribution in [2.75, 3.05) is 5.01 Å². The van der Waals surface area contributed by atoms with E-state index >= 15 is 0 Å². The van der Waals surface area contributed by atoms with Crippen molar-refractivity contribution in [3.05, 3.63) is 102 Å². The van der Waals surface area contributed by atoms with Crippen LogP contribution in [0, 0.1) is 0 Å². The van der Waals surface area contributed by atoms with Gasteiger partial charge in [0.1, 0.15) is 0 Å². The Hall–Kier alpha value is -3.56. The summed E-state index contributed by atoms with van der Waals surface area (Å²) < 4.78 is 2.36. The highest BCUT2D eigenvalue weighted by molar-refractivity contribution is 6.11. The van der Waals surface area contributed by atoms with Crippen molar-refractivity contribution in [1.82, 2.24) is 4.57 Å². The second-order valence-corrected chi connectivity index (χ2v) is 8.59. The summed E-state index contributed by atoms with van der Waals surface area (Å²) in [5, 5.41) is 4.31. The van der Waals surface area contributed by atoms with E-state index in [1.807, 2.05) is 5.01 Å². The van der Waals surface area contributed by atoms with Gasteiger partial charge in [0.25, 0.3) is 0 Å². The minimum atomic E-state index is -0.145. The van der Waals surface area contributed by atoms with E-state index < -0.39 is 0 Å². The first-order valence-corrected chi connectivity index (χ1v) is 10.3. The monoisotopic (exact) mass is 389 g/mol. The third-order valence-corrected chi connectivity index (χ3v) is 6.57. The minimum absolute atomic E-state index is 0.145. The second-order valence-electron chi connectivity index (χ2n) is 8.59. The van der Waals surface area contributed by atoms with Crippen molar-refractivity contribution in [2.45, 2.75) is 19.3 Å². The summed E-state index contributed by atoms with van der Waals surface area (Å²) in [6.45, 7) is 4.58. The quantitative estimate of drug-likeness (QED) is 0.335. The standard InChI is InChI=1S/C27H23N3/c1-27(2)21-13-7-9-15-24(21)30(28)26-16-20-19-12-6-8-14-23(19)29(25(20)17-22(26)27)18-10-4-3-5-11-18/h3-17H,28H2,1-2H3. The second kappa shape index (κ2) is 5.97. The molecule has 0 aliphatic carbocycles. The number of hydrogen-bond acceptors (Lipinski definition) is 2. The molecule has 3 nitrogen and oxygen atoms in total. The lowest BCUT2D eigenvalue weighted by atomic mass is 9.74. The molecule has 6 rings (SSSR count). The van der Waals surface area contributed by atoms with E-state index in [2.05, 4.69) is 109 Å². The molecule has 1 aromatic heterocycles. The van der Waals surface area contributed by atoms with Crippen molar-refractivity contribution in [3.8, 4) is 5.69 Å². The van der Waals surface area contributed by atoms with E-state index in [1.54, 1.807) is 0 Å². The fourth-order valence-corrected chi connectivity index (χ4v) is 5.05. The Bertz CT molecular complexity index is 1430. The molecule has 0 saturated heterocycles. The highest BCUT2D eigenvalue weighted by Gasteiger charge is 2.36. The van der Waals surface area contributed by atoms with Crippen LogP contribution in [0.1, 0.15) is 25.0 Å².